The minimum atomic E-state index is -4.50. The minimum Gasteiger partial charge on any atom is -0.342 e. The van der Waals surface area contributed by atoms with Gasteiger partial charge >= 0.3 is 6.18 Å². The van der Waals surface area contributed by atoms with Gasteiger partial charge in [0.1, 0.15) is 70.7 Å². The number of aromatic nitrogens is 15. The number of thiazole rings is 2. The van der Waals surface area contributed by atoms with Crippen LogP contribution in [0, 0.1) is 36.0 Å². The van der Waals surface area contributed by atoms with Gasteiger partial charge in [-0.1, -0.05) is 23.2 Å². The molecular formula is C88H70Cl2F8N20O5S2. The van der Waals surface area contributed by atoms with E-state index < -0.39 is 46.6 Å². The standard InChI is InChI=1S/C19H14F4N4O.C18H14ClFN4O.C18H14F2N4O.C17H15FN4OS.C16H13ClN4OS/c1-27(17-9-24-11-25-10-17)16-5-12(4-14(20)6-16)18(28)7-15-3-2-13(8-26-15)19(21,22)23;1-24(17-9-22-11-23-10-17)16-5-13(4-15(20)6-16)18(25)3-12-2-14(19)8-21-7-12;1-24(15-9-21-11-22-10-15)17-6-12(2-5-16(17)20)18(25)7-14-4-3-13(19)8-23-14;1-11-9-24-17(21-11)6-16(23)12-3-4-14(18)15(5-12)22(2)13-7-19-10-20-8-13;1-21(14-8-18-10-19-9-14)13-5-11(4-12(17)6-13)15(22)7-16-20-2-3-23-16/h2-6,8-11H,7H2,1H3;2,4-11H,3H2,1H3;2-6,8-11H,7H2,1H3;3-5,7-10H,6H2,1-2H3;2-6,8-10H,7H2,1H3. The predicted molar refractivity (Wildman–Crippen MR) is 459 cm³/mol. The van der Waals surface area contributed by atoms with Crippen molar-refractivity contribution in [3.63, 3.8) is 0 Å². The molecule has 634 valence electrons. The molecule has 5 aromatic carbocycles. The summed E-state index contributed by atoms with van der Waals surface area (Å²) in [7, 11) is 8.66. The van der Waals surface area contributed by atoms with Crippen molar-refractivity contribution in [3.05, 3.63) is 362 Å². The Labute approximate surface area is 728 Å². The molecule has 125 heavy (non-hydrogen) atoms. The maximum Gasteiger partial charge on any atom is 0.417 e. The number of alkyl halides is 3. The first-order chi connectivity index (χ1) is 60.0. The Morgan fingerprint density at radius 3 is 1.17 bits per heavy atom. The van der Waals surface area contributed by atoms with Crippen LogP contribution < -0.4 is 24.5 Å². The molecule has 0 saturated heterocycles. The van der Waals surface area contributed by atoms with E-state index in [-0.39, 0.29) is 77.7 Å². The Hall–Kier alpha value is -14.4. The molecular weight excluding hydrogens is 1700 g/mol. The quantitative estimate of drug-likeness (QED) is 0.0379. The Bertz CT molecular complexity index is 6180. The monoisotopic (exact) mass is 1770 g/mol. The Kier molecular flexibility index (Phi) is 31.7. The number of aryl methyl sites for hydroxylation is 1. The number of halogens is 10. The van der Waals surface area contributed by atoms with Gasteiger partial charge in [0.15, 0.2) is 28.9 Å². The van der Waals surface area contributed by atoms with Gasteiger partial charge in [-0.2, -0.15) is 13.2 Å². The smallest absolute Gasteiger partial charge is 0.342 e. The lowest BCUT2D eigenvalue weighted by Gasteiger charge is -2.19. The highest BCUT2D eigenvalue weighted by atomic mass is 35.5. The lowest BCUT2D eigenvalue weighted by molar-refractivity contribution is -0.137. The average molecular weight is 1770 g/mol. The number of carbonyl (C=O) groups is 5. The van der Waals surface area contributed by atoms with Crippen molar-refractivity contribution in [1.29, 1.82) is 0 Å². The van der Waals surface area contributed by atoms with Crippen LogP contribution in [-0.4, -0.2) is 139 Å². The van der Waals surface area contributed by atoms with Crippen molar-refractivity contribution >= 4 is 132 Å². The highest BCUT2D eigenvalue weighted by molar-refractivity contribution is 7.10. The van der Waals surface area contributed by atoms with Crippen LogP contribution in [0.5, 0.6) is 0 Å². The molecule has 0 bridgehead atoms. The summed E-state index contributed by atoms with van der Waals surface area (Å²) < 4.78 is 107. The van der Waals surface area contributed by atoms with Crippen molar-refractivity contribution in [1.82, 2.24) is 74.8 Å². The summed E-state index contributed by atoms with van der Waals surface area (Å²) >= 11 is 15.0. The van der Waals surface area contributed by atoms with Crippen molar-refractivity contribution in [2.24, 2.45) is 0 Å². The molecule has 0 radical (unpaired) electrons. The first-order valence-electron chi connectivity index (χ1n) is 37.1. The average Bonchev–Trinajstić information content (AvgIpc) is 1.26. The van der Waals surface area contributed by atoms with Gasteiger partial charge in [-0.25, -0.2) is 81.8 Å². The molecule has 15 aromatic rings. The molecule has 0 atom stereocenters. The lowest BCUT2D eigenvalue weighted by Crippen LogP contribution is -2.13. The van der Waals surface area contributed by atoms with Crippen LogP contribution in [0.3, 0.4) is 0 Å². The number of benzene rings is 5. The number of nitrogens with zero attached hydrogens (tertiary/aromatic N) is 20. The second-order valence-corrected chi connectivity index (χ2v) is 29.8. The largest absolute Gasteiger partial charge is 0.417 e. The zero-order valence-corrected chi connectivity index (χ0v) is 70.0. The summed E-state index contributed by atoms with van der Waals surface area (Å²) in [5, 5.41) is 6.27. The fourth-order valence-corrected chi connectivity index (χ4v) is 13.4. The number of carbonyl (C=O) groups excluding carboxylic acids is 5. The maximum atomic E-state index is 14.2. The van der Waals surface area contributed by atoms with Gasteiger partial charge in [0.25, 0.3) is 0 Å². The first kappa shape index (κ1) is 91.3. The van der Waals surface area contributed by atoms with Gasteiger partial charge in [-0.15, -0.1) is 22.7 Å². The van der Waals surface area contributed by atoms with Gasteiger partial charge in [-0.3, -0.25) is 38.9 Å². The van der Waals surface area contributed by atoms with Crippen molar-refractivity contribution in [2.45, 2.75) is 45.2 Å². The SMILES string of the molecule is CN(c1cncnc1)c1cc(C(=O)Cc2ccc(F)cn2)ccc1F.CN(c1cncnc1)c1cc(Cl)cc(C(=O)Cc2nccs2)c1.CN(c1cncnc1)c1cc(F)cc(C(=O)Cc2ccc(C(F)(F)F)cn2)c1.CN(c1cncnc1)c1cc(F)cc(C(=O)Cc2cncc(Cl)c2)c1.Cc1csc(CC(=O)c2ccc(F)c(N(C)c3cncnc3)c2)n1. The van der Waals surface area contributed by atoms with E-state index in [9.17, 15) is 59.1 Å². The number of anilines is 10. The Balaban J connectivity index is 0.000000152. The summed E-state index contributed by atoms with van der Waals surface area (Å²) in [5.41, 5.74) is 8.56. The van der Waals surface area contributed by atoms with E-state index in [1.807, 2.05) is 35.7 Å². The van der Waals surface area contributed by atoms with Gasteiger partial charge in [0, 0.05) is 144 Å². The molecule has 10 heterocycles. The van der Waals surface area contributed by atoms with Crippen LogP contribution in [0.1, 0.15) is 90.0 Å². The van der Waals surface area contributed by atoms with Gasteiger partial charge in [0.05, 0.1) is 144 Å². The van der Waals surface area contributed by atoms with Crippen LogP contribution in [-0.2, 0) is 38.3 Å². The van der Waals surface area contributed by atoms with Gasteiger partial charge < -0.3 is 24.5 Å². The molecule has 25 nitrogen and oxygen atoms in total. The third-order valence-electron chi connectivity index (χ3n) is 18.2. The first-order valence-corrected chi connectivity index (χ1v) is 39.6. The highest BCUT2D eigenvalue weighted by Crippen LogP contribution is 2.34. The maximum absolute atomic E-state index is 14.2. The predicted octanol–water partition coefficient (Wildman–Crippen LogP) is 18.8. The van der Waals surface area contributed by atoms with E-state index in [0.29, 0.717) is 84.0 Å². The number of ketones is 5. The van der Waals surface area contributed by atoms with Crippen LogP contribution >= 0.6 is 45.9 Å². The molecule has 37 heteroatoms. The zero-order valence-electron chi connectivity index (χ0n) is 66.9. The molecule has 0 N–H and O–H groups in total. The van der Waals surface area contributed by atoms with E-state index in [1.54, 1.807) is 140 Å². The second-order valence-electron chi connectivity index (χ2n) is 27.0. The zero-order chi connectivity index (χ0) is 89.3. The molecule has 15 rings (SSSR count). The fraction of sp³-hybridized carbons (Fsp3) is 0.136. The van der Waals surface area contributed by atoms with Crippen LogP contribution in [0.4, 0.5) is 92.0 Å². The highest BCUT2D eigenvalue weighted by Gasteiger charge is 2.31. The summed E-state index contributed by atoms with van der Waals surface area (Å²) in [5.74, 6) is -3.49. The normalized spacial score (nSPS) is 10.7. The molecule has 10 aromatic heterocycles. The molecule has 0 saturated carbocycles. The van der Waals surface area contributed by atoms with E-state index in [4.69, 9.17) is 23.2 Å². The summed E-state index contributed by atoms with van der Waals surface area (Å²) in [6, 6.07) is 28.1. The lowest BCUT2D eigenvalue weighted by atomic mass is 10.0. The number of Topliss-reactive ketones (excluding diaryl/α,β-unsaturated/α-hetero) is 5. The molecule has 0 aliphatic heterocycles. The minimum absolute atomic E-state index is 0.00349. The molecule has 0 aliphatic rings. The van der Waals surface area contributed by atoms with E-state index in [1.165, 1.54) is 140 Å². The topological polar surface area (TPSA) is 295 Å². The fourth-order valence-electron chi connectivity index (χ4n) is 11.6. The van der Waals surface area contributed by atoms with Crippen LogP contribution in [0.2, 0.25) is 10.0 Å². The summed E-state index contributed by atoms with van der Waals surface area (Å²) in [4.78, 5) is 130. The van der Waals surface area contributed by atoms with Crippen LogP contribution in [0.25, 0.3) is 0 Å². The van der Waals surface area contributed by atoms with E-state index >= 15 is 0 Å². The third kappa shape index (κ3) is 26.3. The van der Waals surface area contributed by atoms with Crippen LogP contribution in [0.15, 0.2) is 257 Å². The Morgan fingerprint density at radius 1 is 0.352 bits per heavy atom. The van der Waals surface area contributed by atoms with Gasteiger partial charge in [-0.05, 0) is 134 Å². The molecule has 0 amide bonds. The molecule has 0 fully saturated rings. The number of pyridine rings is 3. The number of hydrogen-bond acceptors (Lipinski definition) is 27. The van der Waals surface area contributed by atoms with E-state index in [2.05, 4.69) is 74.8 Å². The molecule has 0 unspecified atom stereocenters. The van der Waals surface area contributed by atoms with Crippen molar-refractivity contribution in [2.75, 3.05) is 59.7 Å². The second kappa shape index (κ2) is 43.4. The summed E-state index contributed by atoms with van der Waals surface area (Å²) in [6.07, 6.45) is 25.3. The van der Waals surface area contributed by atoms with Crippen molar-refractivity contribution in [3.8, 4) is 0 Å². The number of hydrogen-bond donors (Lipinski definition) is 0. The van der Waals surface area contributed by atoms with Gasteiger partial charge in [0.2, 0.25) is 0 Å². The molecule has 0 spiro atoms. The Morgan fingerprint density at radius 2 is 0.760 bits per heavy atom. The third-order valence-corrected chi connectivity index (χ3v) is 20.4. The summed E-state index contributed by atoms with van der Waals surface area (Å²) in [6.45, 7) is 1.89. The molecule has 0 aliphatic carbocycles. The number of rotatable bonds is 25. The van der Waals surface area contributed by atoms with Crippen molar-refractivity contribution < 1.29 is 59.1 Å². The van der Waals surface area contributed by atoms with E-state index in [0.717, 1.165) is 51.5 Å².